The fraction of sp³-hybridized carbons (Fsp3) is 0.500. The highest BCUT2D eigenvalue weighted by Gasteiger charge is 2.12. The lowest BCUT2D eigenvalue weighted by molar-refractivity contribution is -0.137. The number of aromatic nitrogens is 2. The van der Waals surface area contributed by atoms with Crippen LogP contribution in [-0.2, 0) is 11.2 Å². The standard InChI is InChI=1S/C12H17N3O3/c1-3-10-9(7-8(2)14-15-10)12(18)13-6-4-5-11(16)17/h7H,3-6H2,1-2H3,(H,13,18)(H,16,17). The average molecular weight is 251 g/mol. The number of carboxylic acids is 1. The summed E-state index contributed by atoms with van der Waals surface area (Å²) in [5.41, 5.74) is 1.85. The summed E-state index contributed by atoms with van der Waals surface area (Å²) in [6.07, 6.45) is 1.10. The summed E-state index contributed by atoms with van der Waals surface area (Å²) in [5.74, 6) is -1.09. The van der Waals surface area contributed by atoms with Crippen LogP contribution in [-0.4, -0.2) is 33.7 Å². The van der Waals surface area contributed by atoms with Crippen molar-refractivity contribution in [3.63, 3.8) is 0 Å². The number of nitrogens with one attached hydrogen (secondary N) is 1. The van der Waals surface area contributed by atoms with Crippen LogP contribution in [0.2, 0.25) is 0 Å². The first-order valence-electron chi connectivity index (χ1n) is 5.87. The Hall–Kier alpha value is -1.98. The highest BCUT2D eigenvalue weighted by Crippen LogP contribution is 2.07. The first-order chi connectivity index (χ1) is 8.54. The number of carbonyl (C=O) groups excluding carboxylic acids is 1. The SMILES string of the molecule is CCc1nnc(C)cc1C(=O)NCCCC(=O)O. The molecule has 18 heavy (non-hydrogen) atoms. The van der Waals surface area contributed by atoms with Gasteiger partial charge in [0, 0.05) is 13.0 Å². The number of carboxylic acid groups (broad SMARTS) is 1. The maximum Gasteiger partial charge on any atom is 0.303 e. The molecule has 0 radical (unpaired) electrons. The zero-order chi connectivity index (χ0) is 13.5. The van der Waals surface area contributed by atoms with Gasteiger partial charge in [0.25, 0.3) is 5.91 Å². The van der Waals surface area contributed by atoms with Crippen LogP contribution >= 0.6 is 0 Å². The van der Waals surface area contributed by atoms with Crippen molar-refractivity contribution in [2.45, 2.75) is 33.1 Å². The third kappa shape index (κ3) is 4.12. The lowest BCUT2D eigenvalue weighted by Crippen LogP contribution is -2.26. The van der Waals surface area contributed by atoms with Gasteiger partial charge in [-0.25, -0.2) is 0 Å². The van der Waals surface area contributed by atoms with Crippen LogP contribution in [0.15, 0.2) is 6.07 Å². The van der Waals surface area contributed by atoms with Gasteiger partial charge in [0.1, 0.15) is 0 Å². The van der Waals surface area contributed by atoms with Gasteiger partial charge in [-0.05, 0) is 25.8 Å². The second-order valence-electron chi connectivity index (χ2n) is 3.95. The summed E-state index contributed by atoms with van der Waals surface area (Å²) in [7, 11) is 0. The van der Waals surface area contributed by atoms with E-state index in [0.717, 1.165) is 0 Å². The highest BCUT2D eigenvalue weighted by atomic mass is 16.4. The van der Waals surface area contributed by atoms with E-state index in [1.165, 1.54) is 0 Å². The van der Waals surface area contributed by atoms with Crippen molar-refractivity contribution in [3.05, 3.63) is 23.0 Å². The lowest BCUT2D eigenvalue weighted by Gasteiger charge is -2.07. The smallest absolute Gasteiger partial charge is 0.303 e. The second kappa shape index (κ2) is 6.68. The first kappa shape index (κ1) is 14.1. The normalized spacial score (nSPS) is 10.1. The average Bonchev–Trinajstić information content (AvgIpc) is 2.34. The van der Waals surface area contributed by atoms with Gasteiger partial charge in [0.05, 0.1) is 17.0 Å². The number of hydrogen-bond acceptors (Lipinski definition) is 4. The van der Waals surface area contributed by atoms with Gasteiger partial charge in [-0.2, -0.15) is 10.2 Å². The summed E-state index contributed by atoms with van der Waals surface area (Å²) in [5, 5.41) is 19.0. The van der Waals surface area contributed by atoms with E-state index in [4.69, 9.17) is 5.11 Å². The third-order valence-electron chi connectivity index (χ3n) is 2.43. The number of aliphatic carboxylic acids is 1. The van der Waals surface area contributed by atoms with E-state index in [-0.39, 0.29) is 12.3 Å². The number of amides is 1. The molecular formula is C12H17N3O3. The van der Waals surface area contributed by atoms with Gasteiger partial charge < -0.3 is 10.4 Å². The highest BCUT2D eigenvalue weighted by molar-refractivity contribution is 5.95. The first-order valence-corrected chi connectivity index (χ1v) is 5.87. The van der Waals surface area contributed by atoms with Crippen molar-refractivity contribution in [2.24, 2.45) is 0 Å². The Balaban J connectivity index is 2.60. The van der Waals surface area contributed by atoms with E-state index in [1.807, 2.05) is 6.92 Å². The van der Waals surface area contributed by atoms with Gasteiger partial charge in [-0.1, -0.05) is 6.92 Å². The monoisotopic (exact) mass is 251 g/mol. The quantitative estimate of drug-likeness (QED) is 0.734. The molecule has 1 heterocycles. The molecule has 6 nitrogen and oxygen atoms in total. The van der Waals surface area contributed by atoms with E-state index in [2.05, 4.69) is 15.5 Å². The van der Waals surface area contributed by atoms with Crippen LogP contribution in [0.3, 0.4) is 0 Å². The van der Waals surface area contributed by atoms with Crippen LogP contribution in [0.1, 0.15) is 41.5 Å². The Labute approximate surface area is 105 Å². The molecule has 0 aliphatic heterocycles. The molecule has 1 aromatic heterocycles. The maximum atomic E-state index is 11.9. The molecule has 0 spiro atoms. The van der Waals surface area contributed by atoms with Gasteiger partial charge in [-0.3, -0.25) is 9.59 Å². The molecule has 98 valence electrons. The summed E-state index contributed by atoms with van der Waals surface area (Å²) >= 11 is 0. The number of hydrogen-bond donors (Lipinski definition) is 2. The Bertz CT molecular complexity index is 446. The van der Waals surface area contributed by atoms with Gasteiger partial charge in [0.2, 0.25) is 0 Å². The number of aryl methyl sites for hydroxylation is 2. The largest absolute Gasteiger partial charge is 0.481 e. The van der Waals surface area contributed by atoms with E-state index >= 15 is 0 Å². The van der Waals surface area contributed by atoms with Crippen LogP contribution in [0, 0.1) is 6.92 Å². The van der Waals surface area contributed by atoms with Gasteiger partial charge in [0.15, 0.2) is 0 Å². The summed E-state index contributed by atoms with van der Waals surface area (Å²) in [4.78, 5) is 22.2. The van der Waals surface area contributed by atoms with Crippen LogP contribution in [0.4, 0.5) is 0 Å². The molecule has 0 aliphatic rings. The van der Waals surface area contributed by atoms with Crippen LogP contribution < -0.4 is 5.32 Å². The molecule has 0 saturated carbocycles. The molecule has 6 heteroatoms. The Morgan fingerprint density at radius 1 is 1.39 bits per heavy atom. The van der Waals surface area contributed by atoms with Gasteiger partial charge >= 0.3 is 5.97 Å². The van der Waals surface area contributed by atoms with Crippen molar-refractivity contribution in [1.29, 1.82) is 0 Å². The lowest BCUT2D eigenvalue weighted by atomic mass is 10.1. The fourth-order valence-electron chi connectivity index (χ4n) is 1.51. The third-order valence-corrected chi connectivity index (χ3v) is 2.43. The van der Waals surface area contributed by atoms with Crippen molar-refractivity contribution in [1.82, 2.24) is 15.5 Å². The molecule has 0 atom stereocenters. The molecule has 2 N–H and O–H groups in total. The molecular weight excluding hydrogens is 234 g/mol. The van der Waals surface area contributed by atoms with Crippen LogP contribution in [0.25, 0.3) is 0 Å². The minimum Gasteiger partial charge on any atom is -0.481 e. The van der Waals surface area contributed by atoms with Gasteiger partial charge in [-0.15, -0.1) is 0 Å². The maximum absolute atomic E-state index is 11.9. The predicted octanol–water partition coefficient (Wildman–Crippen LogP) is 0.942. The molecule has 1 rings (SSSR count). The van der Waals surface area contributed by atoms with Crippen molar-refractivity contribution < 1.29 is 14.7 Å². The van der Waals surface area contributed by atoms with Crippen molar-refractivity contribution in [2.75, 3.05) is 6.54 Å². The Kier molecular flexibility index (Phi) is 5.23. The number of nitrogens with zero attached hydrogens (tertiary/aromatic N) is 2. The molecule has 0 unspecified atom stereocenters. The number of carbonyl (C=O) groups is 2. The minimum absolute atomic E-state index is 0.0501. The second-order valence-corrected chi connectivity index (χ2v) is 3.95. The Morgan fingerprint density at radius 2 is 2.11 bits per heavy atom. The molecule has 0 aliphatic carbocycles. The summed E-state index contributed by atoms with van der Waals surface area (Å²) < 4.78 is 0. The van der Waals surface area contributed by atoms with E-state index < -0.39 is 5.97 Å². The predicted molar refractivity (Wildman–Crippen MR) is 65.4 cm³/mol. The zero-order valence-corrected chi connectivity index (χ0v) is 10.6. The van der Waals surface area contributed by atoms with E-state index in [9.17, 15) is 9.59 Å². The molecule has 0 aromatic carbocycles. The summed E-state index contributed by atoms with van der Waals surface area (Å²) in [6.45, 7) is 4.02. The molecule has 0 saturated heterocycles. The molecule has 1 amide bonds. The zero-order valence-electron chi connectivity index (χ0n) is 10.6. The topological polar surface area (TPSA) is 92.2 Å². The van der Waals surface area contributed by atoms with Crippen LogP contribution in [0.5, 0.6) is 0 Å². The van der Waals surface area contributed by atoms with Crippen molar-refractivity contribution >= 4 is 11.9 Å². The molecule has 1 aromatic rings. The van der Waals surface area contributed by atoms with Crippen molar-refractivity contribution in [3.8, 4) is 0 Å². The number of rotatable bonds is 6. The fourth-order valence-corrected chi connectivity index (χ4v) is 1.51. The van der Waals surface area contributed by atoms with E-state index in [0.29, 0.717) is 36.3 Å². The Morgan fingerprint density at radius 3 is 2.72 bits per heavy atom. The molecule has 0 bridgehead atoms. The van der Waals surface area contributed by atoms with E-state index in [1.54, 1.807) is 13.0 Å². The minimum atomic E-state index is -0.861. The molecule has 0 fully saturated rings. The summed E-state index contributed by atoms with van der Waals surface area (Å²) in [6, 6.07) is 1.69.